The normalized spacial score (nSPS) is 19.6. The highest BCUT2D eigenvalue weighted by Crippen LogP contribution is 2.34. The van der Waals surface area contributed by atoms with Crippen molar-refractivity contribution >= 4 is 0 Å². The Balaban J connectivity index is 0.000000176. The molecule has 0 bridgehead atoms. The van der Waals surface area contributed by atoms with Gasteiger partial charge in [-0.05, 0) is 112 Å². The number of pyridine rings is 4. The first kappa shape index (κ1) is 38.7. The standard InChI is InChI=1S/2C21H25N5.C2H6/c1-15-6-5-12-22-21(15)20-10-4-9-19(24-20)18-8-3-7-16(23-18)14-17-11-13-26(2)25-17;1-15-6-5-12-22-21(15)20-10-4-9-19(25-20)18-8-3-7-16(24-18)14-17-11-13-23-26(17)2;1-2/h3,5-8,11-13,19-20,24H,4,9-10,14H2,1-2H3;3,5-8,11-13,19-20,25H,4,9-10,14H2,1-2H3;1-2H3. The Morgan fingerprint density at radius 3 is 1.61 bits per heavy atom. The van der Waals surface area contributed by atoms with E-state index < -0.39 is 0 Å². The van der Waals surface area contributed by atoms with Gasteiger partial charge >= 0.3 is 0 Å². The number of nitrogens with zero attached hydrogens (tertiary/aromatic N) is 8. The predicted molar refractivity (Wildman–Crippen MR) is 215 cm³/mol. The molecule has 0 amide bonds. The predicted octanol–water partition coefficient (Wildman–Crippen LogP) is 8.36. The first-order valence-corrected chi connectivity index (χ1v) is 19.6. The van der Waals surface area contributed by atoms with E-state index in [1.165, 1.54) is 41.1 Å². The minimum absolute atomic E-state index is 0.277. The second-order valence-corrected chi connectivity index (χ2v) is 14.2. The smallest absolute Gasteiger partial charge is 0.0683 e. The molecule has 10 heteroatoms. The summed E-state index contributed by atoms with van der Waals surface area (Å²) < 4.78 is 3.74. The molecule has 0 spiro atoms. The van der Waals surface area contributed by atoms with Gasteiger partial charge in [-0.3, -0.25) is 29.3 Å². The summed E-state index contributed by atoms with van der Waals surface area (Å²) in [5.41, 5.74) is 11.5. The molecule has 6 aromatic heterocycles. The summed E-state index contributed by atoms with van der Waals surface area (Å²) in [7, 11) is 3.92. The molecule has 8 heterocycles. The molecular formula is C44H56N10. The number of aromatic nitrogens is 8. The van der Waals surface area contributed by atoms with Gasteiger partial charge in [0, 0.05) is 80.9 Å². The third-order valence-corrected chi connectivity index (χ3v) is 10.3. The average Bonchev–Trinajstić information content (AvgIpc) is 3.82. The maximum absolute atomic E-state index is 4.94. The highest BCUT2D eigenvalue weighted by molar-refractivity contribution is 5.26. The Morgan fingerprint density at radius 2 is 1.13 bits per heavy atom. The van der Waals surface area contributed by atoms with Gasteiger partial charge in [0.1, 0.15) is 0 Å². The molecule has 10 nitrogen and oxygen atoms in total. The lowest BCUT2D eigenvalue weighted by Gasteiger charge is -2.31. The molecule has 2 aliphatic rings. The zero-order chi connectivity index (χ0) is 37.9. The zero-order valence-corrected chi connectivity index (χ0v) is 32.8. The summed E-state index contributed by atoms with van der Waals surface area (Å²) in [6.07, 6.45) is 16.0. The molecule has 0 radical (unpaired) electrons. The summed E-state index contributed by atoms with van der Waals surface area (Å²) in [6.45, 7) is 8.28. The van der Waals surface area contributed by atoms with Gasteiger partial charge in [-0.15, -0.1) is 0 Å². The van der Waals surface area contributed by atoms with Crippen molar-refractivity contribution < 1.29 is 0 Å². The van der Waals surface area contributed by atoms with Crippen molar-refractivity contribution in [1.29, 1.82) is 0 Å². The maximum Gasteiger partial charge on any atom is 0.0683 e. The Kier molecular flexibility index (Phi) is 13.5. The zero-order valence-electron chi connectivity index (χ0n) is 32.8. The quantitative estimate of drug-likeness (QED) is 0.161. The number of piperidine rings is 2. The van der Waals surface area contributed by atoms with Crippen LogP contribution in [0.4, 0.5) is 0 Å². The van der Waals surface area contributed by atoms with Gasteiger partial charge in [-0.25, -0.2) is 0 Å². The first-order chi connectivity index (χ1) is 26.4. The molecule has 6 aromatic rings. The van der Waals surface area contributed by atoms with E-state index >= 15 is 0 Å². The van der Waals surface area contributed by atoms with Gasteiger partial charge in [0.2, 0.25) is 0 Å². The molecule has 282 valence electrons. The largest absolute Gasteiger partial charge is 0.300 e. The SMILES string of the molecule is CC.Cc1cccnc1C1CCCC(c2cccc(Cc3ccn(C)n3)n2)N1.Cc1cccnc1C1CCCC(c2cccc(Cc3ccnn3C)n2)N1. The topological polar surface area (TPSA) is 111 Å². The number of rotatable bonds is 8. The van der Waals surface area contributed by atoms with Crippen LogP contribution in [0.25, 0.3) is 0 Å². The van der Waals surface area contributed by atoms with Gasteiger partial charge in [-0.2, -0.15) is 10.2 Å². The van der Waals surface area contributed by atoms with Gasteiger partial charge < -0.3 is 10.6 Å². The Morgan fingerprint density at radius 1 is 0.593 bits per heavy atom. The number of hydrogen-bond acceptors (Lipinski definition) is 8. The fourth-order valence-electron chi connectivity index (χ4n) is 7.58. The van der Waals surface area contributed by atoms with Gasteiger partial charge in [0.25, 0.3) is 0 Å². The summed E-state index contributed by atoms with van der Waals surface area (Å²) in [5.74, 6) is 0. The lowest BCUT2D eigenvalue weighted by Crippen LogP contribution is -2.32. The Labute approximate surface area is 320 Å². The highest BCUT2D eigenvalue weighted by Gasteiger charge is 2.27. The van der Waals surface area contributed by atoms with Crippen LogP contribution in [0.1, 0.15) is 133 Å². The molecule has 8 rings (SSSR count). The number of aryl methyl sites for hydroxylation is 4. The van der Waals surface area contributed by atoms with Crippen molar-refractivity contribution in [3.05, 3.63) is 154 Å². The van der Waals surface area contributed by atoms with E-state index in [4.69, 9.17) is 9.97 Å². The molecule has 4 unspecified atom stereocenters. The van der Waals surface area contributed by atoms with Gasteiger partial charge in [0.15, 0.2) is 0 Å². The van der Waals surface area contributed by atoms with E-state index in [1.54, 1.807) is 0 Å². The summed E-state index contributed by atoms with van der Waals surface area (Å²) in [4.78, 5) is 19.1. The van der Waals surface area contributed by atoms with Crippen LogP contribution in [0.2, 0.25) is 0 Å². The molecule has 2 fully saturated rings. The first-order valence-electron chi connectivity index (χ1n) is 19.6. The molecule has 2 N–H and O–H groups in total. The van der Waals surface area contributed by atoms with Gasteiger partial charge in [-0.1, -0.05) is 38.1 Å². The molecule has 0 saturated carbocycles. The molecule has 54 heavy (non-hydrogen) atoms. The van der Waals surface area contributed by atoms with Crippen molar-refractivity contribution in [2.45, 2.75) is 103 Å². The minimum atomic E-state index is 0.277. The third-order valence-electron chi connectivity index (χ3n) is 10.3. The van der Waals surface area contributed by atoms with Crippen LogP contribution in [-0.2, 0) is 26.9 Å². The van der Waals surface area contributed by atoms with E-state index in [0.717, 1.165) is 67.0 Å². The van der Waals surface area contributed by atoms with Crippen LogP contribution in [0.15, 0.2) is 97.6 Å². The van der Waals surface area contributed by atoms with Crippen LogP contribution in [0.3, 0.4) is 0 Å². The second kappa shape index (κ2) is 18.8. The van der Waals surface area contributed by atoms with Gasteiger partial charge in [0.05, 0.1) is 40.6 Å². The van der Waals surface area contributed by atoms with Crippen molar-refractivity contribution in [2.75, 3.05) is 0 Å². The third kappa shape index (κ3) is 9.92. The Bertz CT molecular complexity index is 2070. The molecule has 0 aromatic carbocycles. The van der Waals surface area contributed by atoms with E-state index in [-0.39, 0.29) is 12.1 Å². The number of nitrogens with one attached hydrogen (secondary N) is 2. The fraction of sp³-hybridized carbons (Fsp3) is 0.409. The fourth-order valence-corrected chi connectivity index (χ4v) is 7.58. The van der Waals surface area contributed by atoms with Crippen LogP contribution >= 0.6 is 0 Å². The summed E-state index contributed by atoms with van der Waals surface area (Å²) in [5, 5.41) is 16.3. The minimum Gasteiger partial charge on any atom is -0.300 e. The van der Waals surface area contributed by atoms with E-state index in [2.05, 4.69) is 93.2 Å². The van der Waals surface area contributed by atoms with Crippen LogP contribution in [0, 0.1) is 13.8 Å². The highest BCUT2D eigenvalue weighted by atomic mass is 15.3. The molecule has 2 aliphatic heterocycles. The summed E-state index contributed by atoms with van der Waals surface area (Å²) in [6, 6.07) is 26.2. The van der Waals surface area contributed by atoms with Crippen molar-refractivity contribution in [3.8, 4) is 0 Å². The van der Waals surface area contributed by atoms with Crippen LogP contribution in [0.5, 0.6) is 0 Å². The monoisotopic (exact) mass is 724 g/mol. The van der Waals surface area contributed by atoms with E-state index in [0.29, 0.717) is 12.1 Å². The van der Waals surface area contributed by atoms with Crippen molar-refractivity contribution in [3.63, 3.8) is 0 Å². The molecule has 2 saturated heterocycles. The molecular weight excluding hydrogens is 669 g/mol. The average molecular weight is 725 g/mol. The van der Waals surface area contributed by atoms with Crippen molar-refractivity contribution in [1.82, 2.24) is 50.1 Å². The lowest BCUT2D eigenvalue weighted by atomic mass is 9.92. The van der Waals surface area contributed by atoms with E-state index in [9.17, 15) is 0 Å². The summed E-state index contributed by atoms with van der Waals surface area (Å²) >= 11 is 0. The van der Waals surface area contributed by atoms with E-state index in [1.807, 2.05) is 86.4 Å². The van der Waals surface area contributed by atoms with Crippen LogP contribution < -0.4 is 10.6 Å². The Hall–Kier alpha value is -5.06. The molecule has 0 aliphatic carbocycles. The van der Waals surface area contributed by atoms with Crippen molar-refractivity contribution in [2.24, 2.45) is 14.1 Å². The number of hydrogen-bond donors (Lipinski definition) is 2. The second-order valence-electron chi connectivity index (χ2n) is 14.2. The lowest BCUT2D eigenvalue weighted by molar-refractivity contribution is 0.320. The van der Waals surface area contributed by atoms with Crippen LogP contribution in [-0.4, -0.2) is 39.5 Å². The molecule has 4 atom stereocenters. The maximum atomic E-state index is 4.94.